The number of aromatic amines is 1. The molecule has 0 unspecified atom stereocenters. The molecule has 0 saturated carbocycles. The van der Waals surface area contributed by atoms with Gasteiger partial charge in [0.2, 0.25) is 0 Å². The first-order valence-electron chi connectivity index (χ1n) is 12.1. The van der Waals surface area contributed by atoms with Crippen LogP contribution in [0.3, 0.4) is 0 Å². The molecule has 5 aromatic rings. The molecule has 0 fully saturated rings. The number of nitrogens with zero attached hydrogens (tertiary/aromatic N) is 5. The fourth-order valence-electron chi connectivity index (χ4n) is 4.39. The monoisotopic (exact) mass is 566 g/mol. The second-order valence-electron chi connectivity index (χ2n) is 8.88. The maximum Gasteiger partial charge on any atom is 0.421 e. The summed E-state index contributed by atoms with van der Waals surface area (Å²) in [6.45, 7) is 1.58. The van der Waals surface area contributed by atoms with E-state index in [2.05, 4.69) is 19.9 Å². The van der Waals surface area contributed by atoms with Crippen molar-refractivity contribution in [1.29, 1.82) is 0 Å². The van der Waals surface area contributed by atoms with Crippen molar-refractivity contribution in [1.82, 2.24) is 24.5 Å². The number of imidazole rings is 1. The summed E-state index contributed by atoms with van der Waals surface area (Å²) in [4.78, 5) is 33.1. The fraction of sp³-hybridized carbons (Fsp3) is 0.179. The number of hydrogen-bond acceptors (Lipinski definition) is 6. The number of para-hydroxylation sites is 1. The van der Waals surface area contributed by atoms with Crippen molar-refractivity contribution in [3.05, 3.63) is 105 Å². The minimum absolute atomic E-state index is 0.0596. The first-order chi connectivity index (χ1) is 19.2. The van der Waals surface area contributed by atoms with E-state index in [0.717, 1.165) is 33.0 Å². The van der Waals surface area contributed by atoms with Crippen LogP contribution in [0, 0.1) is 6.92 Å². The van der Waals surface area contributed by atoms with Gasteiger partial charge in [-0.05, 0) is 37.3 Å². The van der Waals surface area contributed by atoms with Gasteiger partial charge < -0.3 is 14.3 Å². The van der Waals surface area contributed by atoms with Crippen molar-refractivity contribution in [2.45, 2.75) is 26.3 Å². The van der Waals surface area contributed by atoms with Crippen molar-refractivity contribution < 1.29 is 17.9 Å². The fourth-order valence-corrected chi connectivity index (χ4v) is 4.61. The standard InChI is InChI=1S/C28H22ClF3N6O2/c1-16-11-18(25-22(12-33-2)35-15-36-25)17-5-3-7-24(26(17)37-16)40-14-19-21(29)8-9-34-23(19)13-38-10-4-6-20(27(38)39)28(30,31)32/h3-12,15H,13-14H2,1-2H3,(H,35,36). The number of halogens is 4. The van der Waals surface area contributed by atoms with Crippen LogP contribution in [0.2, 0.25) is 5.02 Å². The number of pyridine rings is 3. The minimum atomic E-state index is -4.77. The molecule has 4 aromatic heterocycles. The molecule has 0 radical (unpaired) electrons. The average Bonchev–Trinajstić information content (AvgIpc) is 3.37. The number of aliphatic imine (C=N–C) groups is 1. The number of alkyl halides is 3. The number of hydrogen-bond donors (Lipinski definition) is 1. The largest absolute Gasteiger partial charge is 0.486 e. The van der Waals surface area contributed by atoms with Crippen molar-refractivity contribution in [2.24, 2.45) is 4.99 Å². The lowest BCUT2D eigenvalue weighted by Gasteiger charge is -2.16. The maximum absolute atomic E-state index is 13.3. The highest BCUT2D eigenvalue weighted by Gasteiger charge is 2.34. The van der Waals surface area contributed by atoms with E-state index in [1.54, 1.807) is 31.7 Å². The smallest absolute Gasteiger partial charge is 0.421 e. The van der Waals surface area contributed by atoms with E-state index in [9.17, 15) is 18.0 Å². The molecule has 40 heavy (non-hydrogen) atoms. The first kappa shape index (κ1) is 27.1. The molecule has 4 heterocycles. The Hall–Kier alpha value is -4.51. The summed E-state index contributed by atoms with van der Waals surface area (Å²) in [5, 5.41) is 1.10. The number of nitrogens with one attached hydrogen (secondary N) is 1. The van der Waals surface area contributed by atoms with E-state index in [0.29, 0.717) is 33.2 Å². The molecule has 1 N–H and O–H groups in total. The average molecular weight is 567 g/mol. The van der Waals surface area contributed by atoms with Gasteiger partial charge in [0, 0.05) is 47.9 Å². The second-order valence-corrected chi connectivity index (χ2v) is 9.28. The molecule has 12 heteroatoms. The molecular weight excluding hydrogens is 545 g/mol. The lowest BCUT2D eigenvalue weighted by Crippen LogP contribution is -2.28. The Kier molecular flexibility index (Phi) is 7.40. The van der Waals surface area contributed by atoms with Crippen LogP contribution in [0.5, 0.6) is 5.75 Å². The van der Waals surface area contributed by atoms with Gasteiger partial charge in [0.15, 0.2) is 0 Å². The van der Waals surface area contributed by atoms with E-state index in [1.165, 1.54) is 18.5 Å². The van der Waals surface area contributed by atoms with Crippen LogP contribution in [-0.4, -0.2) is 37.8 Å². The molecule has 0 amide bonds. The summed E-state index contributed by atoms with van der Waals surface area (Å²) in [5.74, 6) is 0.464. The molecular formula is C28H22ClF3N6O2. The summed E-state index contributed by atoms with van der Waals surface area (Å²) >= 11 is 6.46. The third-order valence-corrected chi connectivity index (χ3v) is 6.57. The molecule has 0 aliphatic rings. The van der Waals surface area contributed by atoms with Crippen LogP contribution in [0.15, 0.2) is 71.0 Å². The second kappa shape index (κ2) is 10.9. The zero-order chi connectivity index (χ0) is 28.4. The zero-order valence-electron chi connectivity index (χ0n) is 21.3. The molecule has 0 spiro atoms. The van der Waals surface area contributed by atoms with E-state index in [1.807, 2.05) is 25.1 Å². The number of ether oxygens (including phenoxy) is 1. The highest BCUT2D eigenvalue weighted by atomic mass is 35.5. The molecule has 0 bridgehead atoms. The van der Waals surface area contributed by atoms with Crippen LogP contribution < -0.4 is 10.3 Å². The Morgan fingerprint density at radius 2 is 2.00 bits per heavy atom. The predicted molar refractivity (Wildman–Crippen MR) is 146 cm³/mol. The van der Waals surface area contributed by atoms with Gasteiger partial charge in [0.25, 0.3) is 5.56 Å². The van der Waals surface area contributed by atoms with Crippen molar-refractivity contribution in [2.75, 3.05) is 7.05 Å². The summed E-state index contributed by atoms with van der Waals surface area (Å²) in [6, 6.07) is 10.9. The molecule has 1 aromatic carbocycles. The zero-order valence-corrected chi connectivity index (χ0v) is 22.1. The van der Waals surface area contributed by atoms with Crippen molar-refractivity contribution in [3.8, 4) is 17.0 Å². The number of H-pyrrole nitrogens is 1. The molecule has 8 nitrogen and oxygen atoms in total. The van der Waals surface area contributed by atoms with Gasteiger partial charge in [-0.2, -0.15) is 13.2 Å². The summed E-state index contributed by atoms with van der Waals surface area (Å²) in [6.07, 6.45) is 1.21. The van der Waals surface area contributed by atoms with Crippen LogP contribution in [0.25, 0.3) is 22.2 Å². The molecule has 0 aliphatic heterocycles. The minimum Gasteiger partial charge on any atom is -0.486 e. The van der Waals surface area contributed by atoms with E-state index >= 15 is 0 Å². The Labute approximate surface area is 231 Å². The van der Waals surface area contributed by atoms with Crippen LogP contribution in [0.1, 0.15) is 28.2 Å². The van der Waals surface area contributed by atoms with E-state index in [-0.39, 0.29) is 13.2 Å². The number of rotatable bonds is 7. The molecule has 5 rings (SSSR count). The Bertz CT molecular complexity index is 1800. The Balaban J connectivity index is 1.50. The quantitative estimate of drug-likeness (QED) is 0.250. The number of fused-ring (bicyclic) bond motifs is 1. The molecule has 204 valence electrons. The summed E-state index contributed by atoms with van der Waals surface area (Å²) in [7, 11) is 1.67. The summed E-state index contributed by atoms with van der Waals surface area (Å²) < 4.78 is 46.9. The Morgan fingerprint density at radius 3 is 2.77 bits per heavy atom. The number of aromatic nitrogens is 5. The van der Waals surface area contributed by atoms with Crippen molar-refractivity contribution >= 4 is 28.7 Å². The predicted octanol–water partition coefficient (Wildman–Crippen LogP) is 5.84. The van der Waals surface area contributed by atoms with Gasteiger partial charge in [-0.1, -0.05) is 23.7 Å². The number of aryl methyl sites for hydroxylation is 1. The van der Waals surface area contributed by atoms with Gasteiger partial charge in [0.1, 0.15) is 23.4 Å². The molecule has 0 aliphatic carbocycles. The lowest BCUT2D eigenvalue weighted by atomic mass is 10.0. The molecule has 0 atom stereocenters. The third kappa shape index (κ3) is 5.32. The molecule has 0 saturated heterocycles. The van der Waals surface area contributed by atoms with Crippen molar-refractivity contribution in [3.63, 3.8) is 0 Å². The summed E-state index contributed by atoms with van der Waals surface area (Å²) in [5.41, 5.74) is 1.95. The SMILES string of the molecule is CN=Cc1[nH]cnc1-c1cc(C)nc2c(OCc3c(Cl)ccnc3Cn3cccc(C(F)(F)F)c3=O)cccc12. The van der Waals surface area contributed by atoms with Crippen LogP contribution in [0.4, 0.5) is 13.2 Å². The third-order valence-electron chi connectivity index (χ3n) is 6.22. The topological polar surface area (TPSA) is 98.0 Å². The van der Waals surface area contributed by atoms with Crippen LogP contribution in [-0.2, 0) is 19.3 Å². The highest BCUT2D eigenvalue weighted by molar-refractivity contribution is 6.31. The van der Waals surface area contributed by atoms with Crippen LogP contribution >= 0.6 is 11.6 Å². The first-order valence-corrected chi connectivity index (χ1v) is 12.4. The Morgan fingerprint density at radius 1 is 1.18 bits per heavy atom. The normalized spacial score (nSPS) is 11.9. The van der Waals surface area contributed by atoms with Gasteiger partial charge in [-0.15, -0.1) is 0 Å². The van der Waals surface area contributed by atoms with Gasteiger partial charge in [0.05, 0.1) is 35.0 Å². The van der Waals surface area contributed by atoms with Gasteiger partial charge in [-0.3, -0.25) is 14.8 Å². The van der Waals surface area contributed by atoms with E-state index in [4.69, 9.17) is 21.3 Å². The lowest BCUT2D eigenvalue weighted by molar-refractivity contribution is -0.138. The van der Waals surface area contributed by atoms with E-state index < -0.39 is 17.3 Å². The van der Waals surface area contributed by atoms with Gasteiger partial charge >= 0.3 is 6.18 Å². The van der Waals surface area contributed by atoms with Gasteiger partial charge in [-0.25, -0.2) is 9.97 Å². The number of benzene rings is 1. The highest BCUT2D eigenvalue weighted by Crippen LogP contribution is 2.34. The maximum atomic E-state index is 13.3.